The predicted molar refractivity (Wildman–Crippen MR) is 52.3 cm³/mol. The third kappa shape index (κ3) is 6.22. The van der Waals surface area contributed by atoms with Crippen LogP contribution < -0.4 is 10.6 Å². The van der Waals surface area contributed by atoms with Crippen molar-refractivity contribution in [1.29, 1.82) is 0 Å². The molecule has 9 nitrogen and oxygen atoms in total. The van der Waals surface area contributed by atoms with Crippen molar-refractivity contribution in [2.75, 3.05) is 13.1 Å². The lowest BCUT2D eigenvalue weighted by molar-refractivity contribution is -0.141. The molecule has 2 amide bonds. The second kappa shape index (κ2) is 7.07. The molecule has 0 heterocycles. The van der Waals surface area contributed by atoms with Crippen LogP contribution in [0.2, 0.25) is 0 Å². The first-order valence-corrected chi connectivity index (χ1v) is 4.27. The largest absolute Gasteiger partial charge is 0.480 e. The number of carbonyl (C=O) groups is 3. The SMILES string of the molecule is C[C@H](NC(=O)CNC(=O)CN=[N+]=[N-])C(=O)O. The summed E-state index contributed by atoms with van der Waals surface area (Å²) in [6.07, 6.45) is 0. The average Bonchev–Trinajstić information content (AvgIpc) is 2.23. The predicted octanol–water partition coefficient (Wildman–Crippen LogP) is -0.998. The molecular formula is C7H11N5O4. The minimum atomic E-state index is -1.17. The van der Waals surface area contributed by atoms with Gasteiger partial charge in [-0.3, -0.25) is 14.4 Å². The summed E-state index contributed by atoms with van der Waals surface area (Å²) in [5, 5.41) is 15.7. The lowest BCUT2D eigenvalue weighted by Gasteiger charge is -2.09. The van der Waals surface area contributed by atoms with E-state index < -0.39 is 30.4 Å². The summed E-state index contributed by atoms with van der Waals surface area (Å²) in [7, 11) is 0. The van der Waals surface area contributed by atoms with Crippen LogP contribution in [0.3, 0.4) is 0 Å². The molecule has 0 aliphatic rings. The van der Waals surface area contributed by atoms with Crippen molar-refractivity contribution in [3.63, 3.8) is 0 Å². The van der Waals surface area contributed by atoms with Crippen LogP contribution in [-0.4, -0.2) is 42.0 Å². The second-order valence-electron chi connectivity index (χ2n) is 2.79. The fraction of sp³-hybridized carbons (Fsp3) is 0.571. The van der Waals surface area contributed by atoms with Crippen LogP contribution in [0.1, 0.15) is 6.92 Å². The molecule has 0 aromatic heterocycles. The number of carboxylic acid groups (broad SMARTS) is 1. The van der Waals surface area contributed by atoms with Crippen LogP contribution in [0.5, 0.6) is 0 Å². The van der Waals surface area contributed by atoms with Gasteiger partial charge in [-0.05, 0) is 12.5 Å². The zero-order valence-electron chi connectivity index (χ0n) is 8.51. The Bertz CT molecular complexity index is 336. The molecule has 0 fully saturated rings. The van der Waals surface area contributed by atoms with E-state index in [0.29, 0.717) is 0 Å². The number of rotatable bonds is 6. The molecular weight excluding hydrogens is 218 g/mol. The van der Waals surface area contributed by atoms with E-state index in [9.17, 15) is 14.4 Å². The van der Waals surface area contributed by atoms with E-state index in [1.54, 1.807) is 0 Å². The van der Waals surface area contributed by atoms with Crippen LogP contribution >= 0.6 is 0 Å². The third-order valence-electron chi connectivity index (χ3n) is 1.47. The monoisotopic (exact) mass is 229 g/mol. The Morgan fingerprint density at radius 3 is 2.56 bits per heavy atom. The topological polar surface area (TPSA) is 144 Å². The molecule has 0 saturated heterocycles. The molecule has 9 heteroatoms. The highest BCUT2D eigenvalue weighted by Gasteiger charge is 2.13. The van der Waals surface area contributed by atoms with Gasteiger partial charge in [0, 0.05) is 4.91 Å². The number of carbonyl (C=O) groups excluding carboxylic acids is 2. The number of nitrogens with one attached hydrogen (secondary N) is 2. The van der Waals surface area contributed by atoms with Gasteiger partial charge in [0.1, 0.15) is 12.6 Å². The number of aliphatic carboxylic acids is 1. The summed E-state index contributed by atoms with van der Waals surface area (Å²) >= 11 is 0. The van der Waals surface area contributed by atoms with Crippen molar-refractivity contribution in [1.82, 2.24) is 10.6 Å². The Morgan fingerprint density at radius 2 is 2.06 bits per heavy atom. The van der Waals surface area contributed by atoms with E-state index in [4.69, 9.17) is 10.6 Å². The van der Waals surface area contributed by atoms with Crippen LogP contribution in [-0.2, 0) is 14.4 Å². The Balaban J connectivity index is 3.85. The summed E-state index contributed by atoms with van der Waals surface area (Å²) in [6.45, 7) is 0.525. The van der Waals surface area contributed by atoms with Crippen molar-refractivity contribution >= 4 is 17.8 Å². The van der Waals surface area contributed by atoms with Crippen molar-refractivity contribution in [2.24, 2.45) is 5.11 Å². The Morgan fingerprint density at radius 1 is 1.44 bits per heavy atom. The zero-order chi connectivity index (χ0) is 12.6. The first kappa shape index (κ1) is 13.7. The minimum absolute atomic E-state index is 0.364. The molecule has 0 aliphatic carbocycles. The minimum Gasteiger partial charge on any atom is -0.480 e. The molecule has 1 atom stereocenters. The fourth-order valence-corrected chi connectivity index (χ4v) is 0.685. The van der Waals surface area contributed by atoms with Gasteiger partial charge in [-0.2, -0.15) is 0 Å². The van der Waals surface area contributed by atoms with Gasteiger partial charge in [-0.15, -0.1) is 0 Å². The lowest BCUT2D eigenvalue weighted by Crippen LogP contribution is -2.44. The molecule has 3 N–H and O–H groups in total. The van der Waals surface area contributed by atoms with Crippen molar-refractivity contribution in [3.05, 3.63) is 10.4 Å². The standard InChI is InChI=1S/C7H11N5O4/c1-4(7(15)16)11-6(14)2-9-5(13)3-10-12-8/h4H,2-3H2,1H3,(H,9,13)(H,11,14)(H,15,16)/t4-/m0/s1. The van der Waals surface area contributed by atoms with Crippen molar-refractivity contribution < 1.29 is 19.5 Å². The maximum Gasteiger partial charge on any atom is 0.325 e. The molecule has 0 saturated carbocycles. The average molecular weight is 229 g/mol. The van der Waals surface area contributed by atoms with Gasteiger partial charge in [0.05, 0.1) is 6.54 Å². The van der Waals surface area contributed by atoms with Crippen molar-refractivity contribution in [3.8, 4) is 0 Å². The first-order chi connectivity index (χ1) is 7.47. The van der Waals surface area contributed by atoms with Crippen LogP contribution in [0, 0.1) is 0 Å². The quantitative estimate of drug-likeness (QED) is 0.304. The summed E-state index contributed by atoms with van der Waals surface area (Å²) < 4.78 is 0. The van der Waals surface area contributed by atoms with Gasteiger partial charge >= 0.3 is 5.97 Å². The zero-order valence-corrected chi connectivity index (χ0v) is 8.51. The summed E-state index contributed by atoms with van der Waals surface area (Å²) in [5.74, 6) is -2.42. The van der Waals surface area contributed by atoms with Gasteiger partial charge in [0.15, 0.2) is 0 Å². The molecule has 88 valence electrons. The number of azide groups is 1. The highest BCUT2D eigenvalue weighted by Crippen LogP contribution is 1.80. The Hall–Kier alpha value is -2.28. The molecule has 0 aromatic rings. The molecule has 0 aliphatic heterocycles. The molecule has 0 spiro atoms. The molecule has 0 aromatic carbocycles. The van der Waals surface area contributed by atoms with E-state index in [1.165, 1.54) is 6.92 Å². The summed E-state index contributed by atoms with van der Waals surface area (Å²) in [4.78, 5) is 34.6. The van der Waals surface area contributed by atoms with E-state index in [-0.39, 0.29) is 6.54 Å². The normalized spacial score (nSPS) is 10.8. The Labute approximate surface area is 90.4 Å². The van der Waals surface area contributed by atoms with Crippen LogP contribution in [0.4, 0.5) is 0 Å². The van der Waals surface area contributed by atoms with Crippen molar-refractivity contribution in [2.45, 2.75) is 13.0 Å². The third-order valence-corrected chi connectivity index (χ3v) is 1.47. The van der Waals surface area contributed by atoms with Gasteiger partial charge in [0.25, 0.3) is 0 Å². The van der Waals surface area contributed by atoms with Gasteiger partial charge in [0.2, 0.25) is 11.8 Å². The molecule has 0 bridgehead atoms. The highest BCUT2D eigenvalue weighted by atomic mass is 16.4. The van der Waals surface area contributed by atoms with Gasteiger partial charge in [-0.1, -0.05) is 5.11 Å². The number of carboxylic acids is 1. The Kier molecular flexibility index (Phi) is 6.06. The molecule has 0 radical (unpaired) electrons. The number of hydrogen-bond donors (Lipinski definition) is 3. The number of amides is 2. The van der Waals surface area contributed by atoms with E-state index >= 15 is 0 Å². The molecule has 0 rings (SSSR count). The summed E-state index contributed by atoms with van der Waals surface area (Å²) in [6, 6.07) is -1.03. The maximum absolute atomic E-state index is 11.0. The van der Waals surface area contributed by atoms with E-state index in [1.807, 2.05) is 0 Å². The highest BCUT2D eigenvalue weighted by molar-refractivity contribution is 5.88. The molecule has 16 heavy (non-hydrogen) atoms. The second-order valence-corrected chi connectivity index (χ2v) is 2.79. The van der Waals surface area contributed by atoms with Crippen LogP contribution in [0.15, 0.2) is 5.11 Å². The number of hydrogen-bond acceptors (Lipinski definition) is 4. The van der Waals surface area contributed by atoms with E-state index in [0.717, 1.165) is 0 Å². The molecule has 0 unspecified atom stereocenters. The van der Waals surface area contributed by atoms with E-state index in [2.05, 4.69) is 20.7 Å². The van der Waals surface area contributed by atoms with Gasteiger partial charge in [-0.25, -0.2) is 0 Å². The number of nitrogens with zero attached hydrogens (tertiary/aromatic N) is 3. The maximum atomic E-state index is 11.0. The first-order valence-electron chi connectivity index (χ1n) is 4.27. The summed E-state index contributed by atoms with van der Waals surface area (Å²) in [5.41, 5.74) is 7.91. The van der Waals surface area contributed by atoms with Gasteiger partial charge < -0.3 is 15.7 Å². The van der Waals surface area contributed by atoms with Crippen LogP contribution in [0.25, 0.3) is 10.4 Å². The lowest BCUT2D eigenvalue weighted by atomic mass is 10.3. The smallest absolute Gasteiger partial charge is 0.325 e. The fourth-order valence-electron chi connectivity index (χ4n) is 0.685.